The lowest BCUT2D eigenvalue weighted by Gasteiger charge is -2.10. The summed E-state index contributed by atoms with van der Waals surface area (Å²) in [6.45, 7) is 1.90. The quantitative estimate of drug-likeness (QED) is 0.533. The Morgan fingerprint density at radius 3 is 2.52 bits per heavy atom. The van der Waals surface area contributed by atoms with Crippen LogP contribution in [0, 0.1) is 6.92 Å². The van der Waals surface area contributed by atoms with E-state index in [4.69, 9.17) is 4.52 Å². The van der Waals surface area contributed by atoms with Crippen LogP contribution in [0.15, 0.2) is 75.5 Å². The first-order chi connectivity index (χ1) is 13.0. The van der Waals surface area contributed by atoms with Crippen LogP contribution in [0.3, 0.4) is 0 Å². The molecule has 0 amide bonds. The van der Waals surface area contributed by atoms with E-state index in [1.807, 2.05) is 24.4 Å². The van der Waals surface area contributed by atoms with E-state index in [1.54, 1.807) is 48.5 Å². The molecule has 0 fully saturated rings. The van der Waals surface area contributed by atoms with Gasteiger partial charge in [0.25, 0.3) is 15.9 Å². The van der Waals surface area contributed by atoms with E-state index in [-0.39, 0.29) is 10.8 Å². The van der Waals surface area contributed by atoms with Gasteiger partial charge in [0.1, 0.15) is 0 Å². The van der Waals surface area contributed by atoms with Crippen LogP contribution in [0.5, 0.6) is 0 Å². The molecular weight excluding hydrogens is 382 g/mol. The molecule has 0 spiro atoms. The molecule has 136 valence electrons. The zero-order valence-electron chi connectivity index (χ0n) is 14.3. The van der Waals surface area contributed by atoms with E-state index in [2.05, 4.69) is 14.9 Å². The number of hydrogen-bond donors (Lipinski definition) is 1. The van der Waals surface area contributed by atoms with Gasteiger partial charge in [0.2, 0.25) is 5.82 Å². The SMILES string of the molecule is Cc1ccc(S(=O)(=O)Nc2ccccc2-c2nc(-c3cccs3)no2)cc1. The van der Waals surface area contributed by atoms with Crippen LogP contribution in [0.2, 0.25) is 0 Å². The number of rotatable bonds is 5. The van der Waals surface area contributed by atoms with Crippen molar-refractivity contribution in [3.05, 3.63) is 71.6 Å². The third kappa shape index (κ3) is 3.62. The lowest BCUT2D eigenvalue weighted by atomic mass is 10.2. The summed E-state index contributed by atoms with van der Waals surface area (Å²) in [6.07, 6.45) is 0. The van der Waals surface area contributed by atoms with E-state index >= 15 is 0 Å². The second-order valence-electron chi connectivity index (χ2n) is 5.86. The predicted octanol–water partition coefficient (Wildman–Crippen LogP) is 4.57. The number of nitrogens with one attached hydrogen (secondary N) is 1. The molecule has 0 saturated carbocycles. The zero-order valence-corrected chi connectivity index (χ0v) is 15.9. The van der Waals surface area contributed by atoms with Crippen LogP contribution in [-0.2, 0) is 10.0 Å². The number of aryl methyl sites for hydroxylation is 1. The number of nitrogens with zero attached hydrogens (tertiary/aromatic N) is 2. The summed E-state index contributed by atoms with van der Waals surface area (Å²) < 4.78 is 33.4. The molecule has 2 aromatic heterocycles. The van der Waals surface area contributed by atoms with Crippen molar-refractivity contribution in [1.82, 2.24) is 10.1 Å². The molecule has 0 unspecified atom stereocenters. The number of thiophene rings is 1. The summed E-state index contributed by atoms with van der Waals surface area (Å²) >= 11 is 1.50. The minimum Gasteiger partial charge on any atom is -0.334 e. The Morgan fingerprint density at radius 1 is 1.00 bits per heavy atom. The van der Waals surface area contributed by atoms with Crippen molar-refractivity contribution in [2.45, 2.75) is 11.8 Å². The Labute approximate surface area is 160 Å². The van der Waals surface area contributed by atoms with Crippen LogP contribution >= 0.6 is 11.3 Å². The van der Waals surface area contributed by atoms with Gasteiger partial charge in [0.05, 0.1) is 21.0 Å². The summed E-state index contributed by atoms with van der Waals surface area (Å²) in [5.74, 6) is 0.719. The Morgan fingerprint density at radius 2 is 1.78 bits per heavy atom. The fourth-order valence-corrected chi connectivity index (χ4v) is 4.25. The first-order valence-corrected chi connectivity index (χ1v) is 10.5. The van der Waals surface area contributed by atoms with Crippen LogP contribution in [-0.4, -0.2) is 18.6 Å². The minimum absolute atomic E-state index is 0.188. The highest BCUT2D eigenvalue weighted by atomic mass is 32.2. The lowest BCUT2D eigenvalue weighted by Crippen LogP contribution is -2.13. The van der Waals surface area contributed by atoms with Gasteiger partial charge in [-0.1, -0.05) is 41.1 Å². The normalized spacial score (nSPS) is 11.4. The van der Waals surface area contributed by atoms with Gasteiger partial charge in [-0.15, -0.1) is 11.3 Å². The molecule has 0 bridgehead atoms. The molecule has 0 radical (unpaired) electrons. The molecule has 27 heavy (non-hydrogen) atoms. The van der Waals surface area contributed by atoms with Gasteiger partial charge >= 0.3 is 0 Å². The number of sulfonamides is 1. The predicted molar refractivity (Wildman–Crippen MR) is 105 cm³/mol. The average Bonchev–Trinajstić information content (AvgIpc) is 3.34. The maximum atomic E-state index is 12.7. The van der Waals surface area contributed by atoms with Crippen LogP contribution in [0.25, 0.3) is 22.2 Å². The monoisotopic (exact) mass is 397 g/mol. The number of anilines is 1. The maximum Gasteiger partial charge on any atom is 0.261 e. The van der Waals surface area contributed by atoms with Crippen molar-refractivity contribution in [3.8, 4) is 22.2 Å². The molecule has 2 heterocycles. The van der Waals surface area contributed by atoms with Crippen molar-refractivity contribution >= 4 is 27.0 Å². The number of hydrogen-bond acceptors (Lipinski definition) is 6. The standard InChI is InChI=1S/C19H15N3O3S2/c1-13-8-10-14(11-9-13)27(23,24)22-16-6-3-2-5-15(16)19-20-18(21-25-19)17-7-4-12-26-17/h2-12,22H,1H3. The Kier molecular flexibility index (Phi) is 4.51. The fraction of sp³-hybridized carbons (Fsp3) is 0.0526. The van der Waals surface area contributed by atoms with Crippen molar-refractivity contribution in [1.29, 1.82) is 0 Å². The van der Waals surface area contributed by atoms with Gasteiger partial charge in [-0.05, 0) is 42.6 Å². The molecule has 4 aromatic rings. The highest BCUT2D eigenvalue weighted by Gasteiger charge is 2.19. The van der Waals surface area contributed by atoms with E-state index in [0.29, 0.717) is 17.1 Å². The van der Waals surface area contributed by atoms with Gasteiger partial charge in [-0.3, -0.25) is 4.72 Å². The maximum absolute atomic E-state index is 12.7. The van der Waals surface area contributed by atoms with Crippen LogP contribution < -0.4 is 4.72 Å². The molecule has 0 aliphatic rings. The molecular formula is C19H15N3O3S2. The fourth-order valence-electron chi connectivity index (χ4n) is 2.52. The first-order valence-electron chi connectivity index (χ1n) is 8.09. The summed E-state index contributed by atoms with van der Waals surface area (Å²) in [5.41, 5.74) is 1.88. The van der Waals surface area contributed by atoms with E-state index < -0.39 is 10.0 Å². The lowest BCUT2D eigenvalue weighted by molar-refractivity contribution is 0.432. The Hall–Kier alpha value is -2.97. The van der Waals surface area contributed by atoms with Crippen LogP contribution in [0.1, 0.15) is 5.56 Å². The molecule has 0 atom stereocenters. The van der Waals surface area contributed by atoms with Gasteiger partial charge < -0.3 is 4.52 Å². The van der Waals surface area contributed by atoms with Gasteiger partial charge in [-0.25, -0.2) is 8.42 Å². The third-order valence-electron chi connectivity index (χ3n) is 3.90. The summed E-state index contributed by atoms with van der Waals surface area (Å²) in [6, 6.07) is 17.4. The molecule has 1 N–H and O–H groups in total. The van der Waals surface area contributed by atoms with Gasteiger partial charge in [0, 0.05) is 0 Å². The van der Waals surface area contributed by atoms with Crippen molar-refractivity contribution in [3.63, 3.8) is 0 Å². The first kappa shape index (κ1) is 17.4. The number of para-hydroxylation sites is 1. The third-order valence-corrected chi connectivity index (χ3v) is 6.15. The molecule has 0 saturated heterocycles. The summed E-state index contributed by atoms with van der Waals surface area (Å²) in [7, 11) is -3.73. The molecule has 0 aliphatic carbocycles. The van der Waals surface area contributed by atoms with Crippen molar-refractivity contribution < 1.29 is 12.9 Å². The Bertz CT molecular complexity index is 1170. The second kappa shape index (κ2) is 6.98. The van der Waals surface area contributed by atoms with E-state index in [0.717, 1.165) is 10.4 Å². The van der Waals surface area contributed by atoms with Crippen LogP contribution in [0.4, 0.5) is 5.69 Å². The highest BCUT2D eigenvalue weighted by molar-refractivity contribution is 7.92. The van der Waals surface area contributed by atoms with Crippen molar-refractivity contribution in [2.75, 3.05) is 4.72 Å². The zero-order chi connectivity index (χ0) is 18.9. The number of benzene rings is 2. The Balaban J connectivity index is 1.69. The molecule has 8 heteroatoms. The summed E-state index contributed by atoms with van der Waals surface area (Å²) in [4.78, 5) is 5.46. The minimum atomic E-state index is -3.73. The topological polar surface area (TPSA) is 85.1 Å². The smallest absolute Gasteiger partial charge is 0.261 e. The van der Waals surface area contributed by atoms with Gasteiger partial charge in [0.15, 0.2) is 0 Å². The van der Waals surface area contributed by atoms with Crippen molar-refractivity contribution in [2.24, 2.45) is 0 Å². The summed E-state index contributed by atoms with van der Waals surface area (Å²) in [5, 5.41) is 5.91. The largest absolute Gasteiger partial charge is 0.334 e. The van der Waals surface area contributed by atoms with Gasteiger partial charge in [-0.2, -0.15) is 4.98 Å². The second-order valence-corrected chi connectivity index (χ2v) is 8.49. The number of aromatic nitrogens is 2. The molecule has 6 nitrogen and oxygen atoms in total. The average molecular weight is 397 g/mol. The molecule has 4 rings (SSSR count). The molecule has 0 aliphatic heterocycles. The van der Waals surface area contributed by atoms with E-state index in [1.165, 1.54) is 11.3 Å². The highest BCUT2D eigenvalue weighted by Crippen LogP contribution is 2.31. The van der Waals surface area contributed by atoms with E-state index in [9.17, 15) is 8.42 Å². The molecule has 2 aromatic carbocycles.